The first-order chi connectivity index (χ1) is 8.04. The van der Waals surface area contributed by atoms with Crippen LogP contribution in [0.4, 0.5) is 0 Å². The largest absolute Gasteiger partial charge is 0.331 e. The predicted molar refractivity (Wildman–Crippen MR) is 76.3 cm³/mol. The van der Waals surface area contributed by atoms with Gasteiger partial charge in [0.15, 0.2) is 4.77 Å². The first-order valence-electron chi connectivity index (χ1n) is 5.94. The van der Waals surface area contributed by atoms with Gasteiger partial charge in [0.05, 0.1) is 11.0 Å². The number of aromatic amines is 1. The number of H-pyrrole nitrogens is 1. The zero-order valence-corrected chi connectivity index (χ0v) is 11.9. The van der Waals surface area contributed by atoms with E-state index < -0.39 is 0 Å². The van der Waals surface area contributed by atoms with Gasteiger partial charge < -0.3 is 9.55 Å². The van der Waals surface area contributed by atoms with Gasteiger partial charge in [-0.3, -0.25) is 0 Å². The molecule has 0 aliphatic rings. The molecule has 1 atom stereocenters. The van der Waals surface area contributed by atoms with Crippen molar-refractivity contribution >= 4 is 34.9 Å². The number of fused-ring (bicyclic) bond motifs is 1. The Balaban J connectivity index is 2.68. The van der Waals surface area contributed by atoms with E-state index in [4.69, 9.17) is 23.8 Å². The van der Waals surface area contributed by atoms with Crippen LogP contribution >= 0.6 is 23.8 Å². The van der Waals surface area contributed by atoms with Crippen molar-refractivity contribution in [3.63, 3.8) is 0 Å². The van der Waals surface area contributed by atoms with E-state index in [0.29, 0.717) is 12.0 Å². The SMILES string of the molecule is CCC(C(C)C)n1c(=S)[nH]c2cc(Cl)ccc21. The highest BCUT2D eigenvalue weighted by atomic mass is 35.5. The quantitative estimate of drug-likeness (QED) is 0.781. The van der Waals surface area contributed by atoms with Crippen LogP contribution in [-0.4, -0.2) is 9.55 Å². The Bertz CT molecular complexity index is 583. The molecule has 0 radical (unpaired) electrons. The summed E-state index contributed by atoms with van der Waals surface area (Å²) in [7, 11) is 0. The highest BCUT2D eigenvalue weighted by molar-refractivity contribution is 7.71. The topological polar surface area (TPSA) is 20.7 Å². The summed E-state index contributed by atoms with van der Waals surface area (Å²) >= 11 is 11.4. The third kappa shape index (κ3) is 2.26. The zero-order chi connectivity index (χ0) is 12.6. The summed E-state index contributed by atoms with van der Waals surface area (Å²) in [4.78, 5) is 3.23. The number of rotatable bonds is 3. The fourth-order valence-electron chi connectivity index (χ4n) is 2.38. The van der Waals surface area contributed by atoms with E-state index in [1.54, 1.807) is 0 Å². The van der Waals surface area contributed by atoms with Gasteiger partial charge in [-0.1, -0.05) is 32.4 Å². The molecule has 0 amide bonds. The van der Waals surface area contributed by atoms with Crippen molar-refractivity contribution in [2.45, 2.75) is 33.2 Å². The standard InChI is InChI=1S/C13H17ClN2S/c1-4-11(8(2)3)16-12-6-5-9(14)7-10(12)15-13(16)17/h5-8,11H,4H2,1-3H3,(H,15,17). The van der Waals surface area contributed by atoms with Crippen LogP contribution in [0.3, 0.4) is 0 Å². The average molecular weight is 269 g/mol. The van der Waals surface area contributed by atoms with E-state index in [-0.39, 0.29) is 0 Å². The zero-order valence-electron chi connectivity index (χ0n) is 10.3. The van der Waals surface area contributed by atoms with Crippen LogP contribution in [-0.2, 0) is 0 Å². The van der Waals surface area contributed by atoms with Gasteiger partial charge in [-0.05, 0) is 42.8 Å². The minimum Gasteiger partial charge on any atom is -0.331 e. The molecule has 1 N–H and O–H groups in total. The summed E-state index contributed by atoms with van der Waals surface area (Å²) < 4.78 is 2.99. The lowest BCUT2D eigenvalue weighted by Crippen LogP contribution is -2.14. The maximum Gasteiger partial charge on any atom is 0.178 e. The Morgan fingerprint density at radius 1 is 1.41 bits per heavy atom. The average Bonchev–Trinajstić information content (AvgIpc) is 2.55. The summed E-state index contributed by atoms with van der Waals surface area (Å²) in [5.41, 5.74) is 2.15. The van der Waals surface area contributed by atoms with Gasteiger partial charge in [0.2, 0.25) is 0 Å². The summed E-state index contributed by atoms with van der Waals surface area (Å²) in [5, 5.41) is 0.735. The lowest BCUT2D eigenvalue weighted by Gasteiger charge is -2.21. The number of halogens is 1. The van der Waals surface area contributed by atoms with E-state index in [0.717, 1.165) is 27.2 Å². The Hall–Kier alpha value is -0.800. The highest BCUT2D eigenvalue weighted by Crippen LogP contribution is 2.28. The first-order valence-corrected chi connectivity index (χ1v) is 6.73. The molecule has 2 rings (SSSR count). The summed E-state index contributed by atoms with van der Waals surface area (Å²) in [5.74, 6) is 0.557. The van der Waals surface area contributed by atoms with Crippen molar-refractivity contribution in [3.05, 3.63) is 28.0 Å². The molecule has 1 heterocycles. The number of aromatic nitrogens is 2. The molecule has 0 aliphatic heterocycles. The Labute approximate surface area is 112 Å². The second kappa shape index (κ2) is 4.83. The van der Waals surface area contributed by atoms with Crippen molar-refractivity contribution in [2.75, 3.05) is 0 Å². The summed E-state index contributed by atoms with van der Waals surface area (Å²) in [6, 6.07) is 6.30. The highest BCUT2D eigenvalue weighted by Gasteiger charge is 2.17. The van der Waals surface area contributed by atoms with Gasteiger partial charge in [0.1, 0.15) is 0 Å². The van der Waals surface area contributed by atoms with Gasteiger partial charge in [-0.15, -0.1) is 0 Å². The monoisotopic (exact) mass is 268 g/mol. The van der Waals surface area contributed by atoms with Crippen LogP contribution in [0.1, 0.15) is 33.2 Å². The maximum atomic E-state index is 5.99. The lowest BCUT2D eigenvalue weighted by atomic mass is 10.0. The Morgan fingerprint density at radius 2 is 2.12 bits per heavy atom. The number of nitrogens with one attached hydrogen (secondary N) is 1. The van der Waals surface area contributed by atoms with Crippen molar-refractivity contribution in [1.29, 1.82) is 0 Å². The van der Waals surface area contributed by atoms with E-state index >= 15 is 0 Å². The number of imidazole rings is 1. The predicted octanol–water partition coefficient (Wildman–Crippen LogP) is 4.96. The van der Waals surface area contributed by atoms with Gasteiger partial charge >= 0.3 is 0 Å². The van der Waals surface area contributed by atoms with Gasteiger partial charge in [-0.2, -0.15) is 0 Å². The van der Waals surface area contributed by atoms with E-state index in [1.807, 2.05) is 18.2 Å². The Kier molecular flexibility index (Phi) is 3.59. The molecule has 1 unspecified atom stereocenters. The molecular weight excluding hydrogens is 252 g/mol. The second-order valence-corrected chi connectivity index (χ2v) is 5.50. The molecule has 0 saturated heterocycles. The molecule has 0 spiro atoms. The van der Waals surface area contributed by atoms with Crippen LogP contribution in [0.25, 0.3) is 11.0 Å². The molecule has 0 aliphatic carbocycles. The van der Waals surface area contributed by atoms with Crippen LogP contribution < -0.4 is 0 Å². The fraction of sp³-hybridized carbons (Fsp3) is 0.462. The van der Waals surface area contributed by atoms with Gasteiger partial charge in [0, 0.05) is 11.1 Å². The minimum atomic E-state index is 0.428. The molecule has 17 heavy (non-hydrogen) atoms. The van der Waals surface area contributed by atoms with Crippen LogP contribution in [0, 0.1) is 10.7 Å². The molecule has 1 aromatic heterocycles. The number of hydrogen-bond acceptors (Lipinski definition) is 1. The van der Waals surface area contributed by atoms with Crippen molar-refractivity contribution in [3.8, 4) is 0 Å². The molecule has 92 valence electrons. The van der Waals surface area contributed by atoms with E-state index in [9.17, 15) is 0 Å². The minimum absolute atomic E-state index is 0.428. The fourth-order valence-corrected chi connectivity index (χ4v) is 2.90. The normalized spacial score (nSPS) is 13.5. The molecule has 0 saturated carbocycles. The van der Waals surface area contributed by atoms with E-state index in [1.165, 1.54) is 0 Å². The number of hydrogen-bond donors (Lipinski definition) is 1. The lowest BCUT2D eigenvalue weighted by molar-refractivity contribution is 0.370. The van der Waals surface area contributed by atoms with Gasteiger partial charge in [0.25, 0.3) is 0 Å². The van der Waals surface area contributed by atoms with Crippen LogP contribution in [0.2, 0.25) is 5.02 Å². The Morgan fingerprint density at radius 3 is 2.71 bits per heavy atom. The molecule has 0 fully saturated rings. The van der Waals surface area contributed by atoms with E-state index in [2.05, 4.69) is 30.3 Å². The third-order valence-corrected chi connectivity index (χ3v) is 3.73. The first kappa shape index (κ1) is 12.7. The molecule has 0 bridgehead atoms. The van der Waals surface area contributed by atoms with Crippen molar-refractivity contribution in [1.82, 2.24) is 9.55 Å². The molecule has 4 heteroatoms. The second-order valence-electron chi connectivity index (χ2n) is 4.68. The molecule has 2 aromatic rings. The molecular formula is C13H17ClN2S. The molecule has 1 aromatic carbocycles. The maximum absolute atomic E-state index is 5.99. The summed E-state index contributed by atoms with van der Waals surface area (Å²) in [6.45, 7) is 6.65. The van der Waals surface area contributed by atoms with Gasteiger partial charge in [-0.25, -0.2) is 0 Å². The number of benzene rings is 1. The molecule has 2 nitrogen and oxygen atoms in total. The van der Waals surface area contributed by atoms with Crippen LogP contribution in [0.5, 0.6) is 0 Å². The third-order valence-electron chi connectivity index (χ3n) is 3.20. The van der Waals surface area contributed by atoms with Crippen LogP contribution in [0.15, 0.2) is 18.2 Å². The number of nitrogens with zero attached hydrogens (tertiary/aromatic N) is 1. The smallest absolute Gasteiger partial charge is 0.178 e. The van der Waals surface area contributed by atoms with Crippen molar-refractivity contribution in [2.24, 2.45) is 5.92 Å². The summed E-state index contributed by atoms with van der Waals surface area (Å²) in [6.07, 6.45) is 1.07. The van der Waals surface area contributed by atoms with Crippen molar-refractivity contribution < 1.29 is 0 Å².